The first-order valence-corrected chi connectivity index (χ1v) is 7.43. The number of nitrogens with one attached hydrogen (secondary N) is 1. The second-order valence-corrected chi connectivity index (χ2v) is 5.49. The number of aromatic nitrogens is 1. The van der Waals surface area contributed by atoms with Gasteiger partial charge in [-0.05, 0) is 24.3 Å². The maximum absolute atomic E-state index is 12.2. The summed E-state index contributed by atoms with van der Waals surface area (Å²) in [5.74, 6) is -0.331. The summed E-state index contributed by atoms with van der Waals surface area (Å²) >= 11 is 6.11. The Morgan fingerprint density at radius 3 is 2.67 bits per heavy atom. The average molecular weight is 307 g/mol. The Hall–Kier alpha value is -1.65. The minimum atomic E-state index is -0.879. The van der Waals surface area contributed by atoms with Crippen LogP contribution in [0.3, 0.4) is 0 Å². The van der Waals surface area contributed by atoms with Gasteiger partial charge < -0.3 is 10.4 Å². The van der Waals surface area contributed by atoms with E-state index in [2.05, 4.69) is 10.3 Å². The molecule has 21 heavy (non-hydrogen) atoms. The van der Waals surface area contributed by atoms with Crippen LogP contribution in [0.1, 0.15) is 37.2 Å². The third kappa shape index (κ3) is 3.52. The summed E-state index contributed by atoms with van der Waals surface area (Å²) < 4.78 is 0. The van der Waals surface area contributed by atoms with E-state index in [4.69, 9.17) is 11.6 Å². The maximum atomic E-state index is 12.2. The molecule has 0 aliphatic rings. The highest BCUT2D eigenvalue weighted by Gasteiger charge is 2.23. The van der Waals surface area contributed by atoms with Crippen molar-refractivity contribution in [3.8, 4) is 0 Å². The topological polar surface area (TPSA) is 62.2 Å². The zero-order chi connectivity index (χ0) is 15.5. The van der Waals surface area contributed by atoms with Gasteiger partial charge in [-0.3, -0.25) is 4.79 Å². The van der Waals surface area contributed by atoms with E-state index in [0.717, 1.165) is 10.8 Å². The van der Waals surface area contributed by atoms with Crippen LogP contribution in [-0.4, -0.2) is 28.1 Å². The van der Waals surface area contributed by atoms with Crippen LogP contribution in [0.2, 0.25) is 5.15 Å². The molecule has 1 heterocycles. The number of hydrogen-bond acceptors (Lipinski definition) is 3. The molecule has 0 fully saturated rings. The summed E-state index contributed by atoms with van der Waals surface area (Å²) in [5.41, 5.74) is -0.621. The van der Waals surface area contributed by atoms with E-state index in [9.17, 15) is 9.90 Å². The molecule has 0 atom stereocenters. The van der Waals surface area contributed by atoms with Crippen molar-refractivity contribution in [2.24, 2.45) is 0 Å². The van der Waals surface area contributed by atoms with E-state index >= 15 is 0 Å². The molecule has 2 aromatic rings. The highest BCUT2D eigenvalue weighted by atomic mass is 35.5. The maximum Gasteiger partial charge on any atom is 0.270 e. The highest BCUT2D eigenvalue weighted by molar-refractivity contribution is 6.34. The number of hydrogen-bond donors (Lipinski definition) is 2. The molecule has 0 spiro atoms. The number of pyridine rings is 1. The van der Waals surface area contributed by atoms with Crippen molar-refractivity contribution in [3.63, 3.8) is 0 Å². The lowest BCUT2D eigenvalue weighted by Crippen LogP contribution is -2.42. The smallest absolute Gasteiger partial charge is 0.270 e. The molecular formula is C16H19ClN2O2. The first-order chi connectivity index (χ1) is 9.99. The van der Waals surface area contributed by atoms with Gasteiger partial charge in [0.1, 0.15) is 10.8 Å². The molecule has 4 nitrogen and oxygen atoms in total. The second-order valence-electron chi connectivity index (χ2n) is 5.13. The van der Waals surface area contributed by atoms with Gasteiger partial charge in [0.25, 0.3) is 5.91 Å². The Kier molecular flexibility index (Phi) is 4.80. The number of amides is 1. The van der Waals surface area contributed by atoms with E-state index in [1.807, 2.05) is 38.1 Å². The lowest BCUT2D eigenvalue weighted by Gasteiger charge is -2.25. The summed E-state index contributed by atoms with van der Waals surface area (Å²) in [6.45, 7) is 3.98. The van der Waals surface area contributed by atoms with E-state index in [1.54, 1.807) is 6.07 Å². The Morgan fingerprint density at radius 2 is 2.00 bits per heavy atom. The molecule has 2 rings (SSSR count). The number of aliphatic hydroxyl groups is 1. The third-order valence-electron chi connectivity index (χ3n) is 3.82. The van der Waals surface area contributed by atoms with Crippen LogP contribution in [0, 0.1) is 0 Å². The first-order valence-electron chi connectivity index (χ1n) is 7.05. The molecule has 1 aromatic carbocycles. The van der Waals surface area contributed by atoms with Gasteiger partial charge in [-0.1, -0.05) is 49.7 Å². The number of carbonyl (C=O) groups excluding carboxylic acids is 1. The molecule has 1 amide bonds. The number of nitrogens with zero attached hydrogens (tertiary/aromatic N) is 1. The van der Waals surface area contributed by atoms with Crippen molar-refractivity contribution >= 4 is 28.3 Å². The second kappa shape index (κ2) is 6.41. The van der Waals surface area contributed by atoms with Crippen molar-refractivity contribution in [1.82, 2.24) is 10.3 Å². The largest absolute Gasteiger partial charge is 0.388 e. The number of benzene rings is 1. The van der Waals surface area contributed by atoms with Crippen molar-refractivity contribution in [1.29, 1.82) is 0 Å². The Bertz CT molecular complexity index is 654. The Labute approximate surface area is 129 Å². The molecule has 1 aromatic heterocycles. The molecule has 0 aliphatic heterocycles. The number of carbonyl (C=O) groups is 1. The molecule has 0 radical (unpaired) electrons. The number of rotatable bonds is 5. The number of fused-ring (bicyclic) bond motifs is 1. The zero-order valence-corrected chi connectivity index (χ0v) is 12.9. The van der Waals surface area contributed by atoms with Gasteiger partial charge in [-0.25, -0.2) is 4.98 Å². The summed E-state index contributed by atoms with van der Waals surface area (Å²) in [6, 6.07) is 9.20. The van der Waals surface area contributed by atoms with E-state index in [1.165, 1.54) is 0 Å². The van der Waals surface area contributed by atoms with Crippen LogP contribution in [0.4, 0.5) is 0 Å². The van der Waals surface area contributed by atoms with E-state index < -0.39 is 5.60 Å². The first kappa shape index (κ1) is 15.7. The molecule has 0 saturated heterocycles. The molecular weight excluding hydrogens is 288 g/mol. The lowest BCUT2D eigenvalue weighted by atomic mass is 9.97. The third-order valence-corrected chi connectivity index (χ3v) is 4.11. The van der Waals surface area contributed by atoms with Crippen LogP contribution in [-0.2, 0) is 0 Å². The van der Waals surface area contributed by atoms with E-state index in [0.29, 0.717) is 18.0 Å². The summed E-state index contributed by atoms with van der Waals surface area (Å²) in [4.78, 5) is 16.3. The van der Waals surface area contributed by atoms with Crippen molar-refractivity contribution in [3.05, 3.63) is 41.2 Å². The molecule has 5 heteroatoms. The molecule has 0 bridgehead atoms. The van der Waals surface area contributed by atoms with E-state index in [-0.39, 0.29) is 18.1 Å². The minimum absolute atomic E-state index is 0.199. The fourth-order valence-electron chi connectivity index (χ4n) is 2.11. The van der Waals surface area contributed by atoms with Crippen molar-refractivity contribution in [2.75, 3.05) is 6.54 Å². The minimum Gasteiger partial charge on any atom is -0.388 e. The molecule has 112 valence electrons. The summed E-state index contributed by atoms with van der Waals surface area (Å²) in [7, 11) is 0. The normalized spacial score (nSPS) is 11.6. The SMILES string of the molecule is CCC(O)(CC)CNC(=O)c1cc2ccccc2c(Cl)n1. The van der Waals surface area contributed by atoms with Gasteiger partial charge in [0.2, 0.25) is 0 Å². The van der Waals surface area contributed by atoms with Crippen LogP contribution in [0.5, 0.6) is 0 Å². The summed E-state index contributed by atoms with van der Waals surface area (Å²) in [5, 5.41) is 14.9. The fourth-order valence-corrected chi connectivity index (χ4v) is 2.37. The highest BCUT2D eigenvalue weighted by Crippen LogP contribution is 2.22. The zero-order valence-electron chi connectivity index (χ0n) is 12.2. The molecule has 0 aliphatic carbocycles. The average Bonchev–Trinajstić information content (AvgIpc) is 2.52. The fraction of sp³-hybridized carbons (Fsp3) is 0.375. The predicted molar refractivity (Wildman–Crippen MR) is 84.6 cm³/mol. The lowest BCUT2D eigenvalue weighted by molar-refractivity contribution is 0.0313. The van der Waals surface area contributed by atoms with Gasteiger partial charge in [0.15, 0.2) is 0 Å². The van der Waals surface area contributed by atoms with Gasteiger partial charge in [-0.15, -0.1) is 0 Å². The predicted octanol–water partition coefficient (Wildman–Crippen LogP) is 3.17. The van der Waals surface area contributed by atoms with Crippen LogP contribution >= 0.6 is 11.6 Å². The Morgan fingerprint density at radius 1 is 1.33 bits per heavy atom. The van der Waals surface area contributed by atoms with Crippen LogP contribution in [0.15, 0.2) is 30.3 Å². The van der Waals surface area contributed by atoms with Gasteiger partial charge in [-0.2, -0.15) is 0 Å². The van der Waals surface area contributed by atoms with Crippen LogP contribution < -0.4 is 5.32 Å². The van der Waals surface area contributed by atoms with Crippen molar-refractivity contribution in [2.45, 2.75) is 32.3 Å². The van der Waals surface area contributed by atoms with Crippen molar-refractivity contribution < 1.29 is 9.90 Å². The van der Waals surface area contributed by atoms with Crippen LogP contribution in [0.25, 0.3) is 10.8 Å². The monoisotopic (exact) mass is 306 g/mol. The number of halogens is 1. The molecule has 0 saturated carbocycles. The van der Waals surface area contributed by atoms with Gasteiger partial charge in [0.05, 0.1) is 5.60 Å². The molecule has 0 unspecified atom stereocenters. The standard InChI is InChI=1S/C16H19ClN2O2/c1-3-16(21,4-2)10-18-15(20)13-9-11-7-5-6-8-12(11)14(17)19-13/h5-9,21H,3-4,10H2,1-2H3,(H,18,20). The summed E-state index contributed by atoms with van der Waals surface area (Å²) in [6.07, 6.45) is 1.16. The Balaban J connectivity index is 2.20. The quantitative estimate of drug-likeness (QED) is 0.834. The van der Waals surface area contributed by atoms with Gasteiger partial charge >= 0.3 is 0 Å². The molecule has 2 N–H and O–H groups in total. The van der Waals surface area contributed by atoms with Gasteiger partial charge in [0, 0.05) is 11.9 Å².